The van der Waals surface area contributed by atoms with Gasteiger partial charge in [-0.2, -0.15) is 13.2 Å². The fourth-order valence-corrected chi connectivity index (χ4v) is 1.91. The SMILES string of the molecule is CC(=O)N(C)C(C)(C(=O)O)c1ccccc1C(F)(F)F. The molecule has 1 aromatic carbocycles. The number of carboxylic acids is 1. The molecular formula is C13H14F3NO3. The fourth-order valence-electron chi connectivity index (χ4n) is 1.91. The molecule has 0 aliphatic rings. The first kappa shape index (κ1) is 16.0. The molecule has 110 valence electrons. The number of benzene rings is 1. The second kappa shape index (κ2) is 5.15. The number of likely N-dealkylation sites (N-methyl/N-ethyl adjacent to an activating group) is 1. The topological polar surface area (TPSA) is 57.6 Å². The number of nitrogens with zero attached hydrogens (tertiary/aromatic N) is 1. The fraction of sp³-hybridized carbons (Fsp3) is 0.385. The van der Waals surface area contributed by atoms with E-state index in [0.29, 0.717) is 0 Å². The third-order valence-electron chi connectivity index (χ3n) is 3.32. The molecule has 0 aliphatic heterocycles. The molecule has 0 heterocycles. The van der Waals surface area contributed by atoms with Crippen LogP contribution in [0.2, 0.25) is 0 Å². The molecule has 4 nitrogen and oxygen atoms in total. The number of hydrogen-bond acceptors (Lipinski definition) is 2. The van der Waals surface area contributed by atoms with E-state index < -0.39 is 34.7 Å². The molecule has 1 unspecified atom stereocenters. The molecule has 0 saturated carbocycles. The Balaban J connectivity index is 3.61. The quantitative estimate of drug-likeness (QED) is 0.930. The van der Waals surface area contributed by atoms with E-state index in [2.05, 4.69) is 0 Å². The Morgan fingerprint density at radius 3 is 1.95 bits per heavy atom. The van der Waals surface area contributed by atoms with Crippen LogP contribution in [0.4, 0.5) is 13.2 Å². The van der Waals surface area contributed by atoms with Gasteiger partial charge in [0.05, 0.1) is 5.56 Å². The first-order chi connectivity index (χ1) is 9.02. The van der Waals surface area contributed by atoms with Gasteiger partial charge in [-0.15, -0.1) is 0 Å². The molecule has 0 fully saturated rings. The number of amides is 1. The second-order valence-electron chi connectivity index (χ2n) is 4.50. The smallest absolute Gasteiger partial charge is 0.416 e. The van der Waals surface area contributed by atoms with Crippen LogP contribution in [0, 0.1) is 0 Å². The Morgan fingerprint density at radius 2 is 1.60 bits per heavy atom. The lowest BCUT2D eigenvalue weighted by molar-refractivity contribution is -0.158. The third kappa shape index (κ3) is 2.61. The maximum atomic E-state index is 13.0. The van der Waals surface area contributed by atoms with Gasteiger partial charge in [0, 0.05) is 19.5 Å². The standard InChI is InChI=1S/C13H14F3NO3/c1-8(18)17(3)12(2,11(19)20)9-6-4-5-7-10(9)13(14,15)16/h4-7H,1-3H3,(H,19,20). The minimum atomic E-state index is -4.70. The highest BCUT2D eigenvalue weighted by Crippen LogP contribution is 2.39. The van der Waals surface area contributed by atoms with Gasteiger partial charge in [-0.25, -0.2) is 4.79 Å². The number of carbonyl (C=O) groups excluding carboxylic acids is 1. The lowest BCUT2D eigenvalue weighted by Crippen LogP contribution is -2.50. The van der Waals surface area contributed by atoms with Gasteiger partial charge >= 0.3 is 12.1 Å². The average Bonchev–Trinajstić information content (AvgIpc) is 2.35. The first-order valence-corrected chi connectivity index (χ1v) is 5.67. The molecule has 20 heavy (non-hydrogen) atoms. The molecule has 0 saturated heterocycles. The Kier molecular flexibility index (Phi) is 4.12. The molecule has 1 N–H and O–H groups in total. The number of alkyl halides is 3. The lowest BCUT2D eigenvalue weighted by atomic mass is 9.86. The van der Waals surface area contributed by atoms with Gasteiger partial charge in [0.25, 0.3) is 0 Å². The number of halogens is 3. The summed E-state index contributed by atoms with van der Waals surface area (Å²) in [7, 11) is 1.16. The van der Waals surface area contributed by atoms with Crippen LogP contribution in [0.25, 0.3) is 0 Å². The van der Waals surface area contributed by atoms with E-state index >= 15 is 0 Å². The molecule has 1 atom stereocenters. The summed E-state index contributed by atoms with van der Waals surface area (Å²) in [6, 6.07) is 4.34. The highest BCUT2D eigenvalue weighted by molar-refractivity contribution is 5.87. The Hall–Kier alpha value is -2.05. The summed E-state index contributed by atoms with van der Waals surface area (Å²) >= 11 is 0. The molecule has 0 radical (unpaired) electrons. The maximum absolute atomic E-state index is 13.0. The molecule has 0 spiro atoms. The summed E-state index contributed by atoms with van der Waals surface area (Å²) < 4.78 is 39.0. The highest BCUT2D eigenvalue weighted by atomic mass is 19.4. The summed E-state index contributed by atoms with van der Waals surface area (Å²) in [5, 5.41) is 9.33. The maximum Gasteiger partial charge on any atom is 0.416 e. The van der Waals surface area contributed by atoms with Crippen molar-refractivity contribution in [1.29, 1.82) is 0 Å². The van der Waals surface area contributed by atoms with Gasteiger partial charge in [0.15, 0.2) is 5.54 Å². The first-order valence-electron chi connectivity index (χ1n) is 5.67. The van der Waals surface area contributed by atoms with Gasteiger partial charge in [-0.05, 0) is 13.0 Å². The number of aliphatic carboxylic acids is 1. The predicted molar refractivity (Wildman–Crippen MR) is 64.9 cm³/mol. The van der Waals surface area contributed by atoms with E-state index in [1.54, 1.807) is 0 Å². The largest absolute Gasteiger partial charge is 0.479 e. The number of carboxylic acid groups (broad SMARTS) is 1. The zero-order chi connectivity index (χ0) is 15.7. The molecule has 1 aromatic rings. The summed E-state index contributed by atoms with van der Waals surface area (Å²) in [5.74, 6) is -2.18. The van der Waals surface area contributed by atoms with Gasteiger partial charge in [-0.1, -0.05) is 18.2 Å². The zero-order valence-electron chi connectivity index (χ0n) is 11.2. The van der Waals surface area contributed by atoms with Gasteiger partial charge in [0.1, 0.15) is 0 Å². The van der Waals surface area contributed by atoms with Crippen molar-refractivity contribution in [2.24, 2.45) is 0 Å². The lowest BCUT2D eigenvalue weighted by Gasteiger charge is -2.36. The van der Waals surface area contributed by atoms with Crippen molar-refractivity contribution >= 4 is 11.9 Å². The molecule has 1 rings (SSSR count). The molecular weight excluding hydrogens is 275 g/mol. The van der Waals surface area contributed by atoms with Crippen molar-refractivity contribution in [2.45, 2.75) is 25.6 Å². The van der Waals surface area contributed by atoms with Crippen LogP contribution in [0.5, 0.6) is 0 Å². The van der Waals surface area contributed by atoms with Crippen molar-refractivity contribution in [2.75, 3.05) is 7.05 Å². The second-order valence-corrected chi connectivity index (χ2v) is 4.50. The van der Waals surface area contributed by atoms with E-state index in [9.17, 15) is 27.9 Å². The summed E-state index contributed by atoms with van der Waals surface area (Å²) in [6.07, 6.45) is -4.70. The monoisotopic (exact) mass is 289 g/mol. The van der Waals surface area contributed by atoms with E-state index in [4.69, 9.17) is 0 Å². The van der Waals surface area contributed by atoms with Crippen LogP contribution < -0.4 is 0 Å². The van der Waals surface area contributed by atoms with Gasteiger partial charge < -0.3 is 10.0 Å². The Morgan fingerprint density at radius 1 is 1.15 bits per heavy atom. The van der Waals surface area contributed by atoms with Crippen molar-refractivity contribution < 1.29 is 27.9 Å². The van der Waals surface area contributed by atoms with Gasteiger partial charge in [-0.3, -0.25) is 4.79 Å². The summed E-state index contributed by atoms with van der Waals surface area (Å²) in [4.78, 5) is 23.7. The number of carbonyl (C=O) groups is 2. The number of rotatable bonds is 3. The summed E-state index contributed by atoms with van der Waals surface area (Å²) in [6.45, 7) is 2.17. The Labute approximate surface area is 113 Å². The van der Waals surface area contributed by atoms with Crippen molar-refractivity contribution in [3.8, 4) is 0 Å². The molecule has 0 aliphatic carbocycles. The minimum absolute atomic E-state index is 0.474. The van der Waals surface area contributed by atoms with Crippen LogP contribution >= 0.6 is 0 Å². The molecule has 0 bridgehead atoms. The van der Waals surface area contributed by atoms with E-state index in [0.717, 1.165) is 37.9 Å². The Bertz CT molecular complexity index is 542. The highest BCUT2D eigenvalue weighted by Gasteiger charge is 2.46. The zero-order valence-corrected chi connectivity index (χ0v) is 11.2. The van der Waals surface area contributed by atoms with E-state index in [-0.39, 0.29) is 0 Å². The normalized spacial score (nSPS) is 14.5. The van der Waals surface area contributed by atoms with Crippen molar-refractivity contribution in [3.63, 3.8) is 0 Å². The molecule has 1 amide bonds. The average molecular weight is 289 g/mol. The third-order valence-corrected chi connectivity index (χ3v) is 3.32. The predicted octanol–water partition coefficient (Wildman–Crippen LogP) is 2.48. The van der Waals surface area contributed by atoms with E-state index in [1.165, 1.54) is 12.1 Å². The number of hydrogen-bond donors (Lipinski definition) is 1. The van der Waals surface area contributed by atoms with Crippen molar-refractivity contribution in [1.82, 2.24) is 4.90 Å². The molecule has 7 heteroatoms. The van der Waals surface area contributed by atoms with Crippen LogP contribution in [0.15, 0.2) is 24.3 Å². The van der Waals surface area contributed by atoms with E-state index in [1.807, 2.05) is 0 Å². The van der Waals surface area contributed by atoms with Crippen LogP contribution in [0.1, 0.15) is 25.0 Å². The van der Waals surface area contributed by atoms with Crippen LogP contribution in [-0.2, 0) is 21.3 Å². The molecule has 0 aromatic heterocycles. The minimum Gasteiger partial charge on any atom is -0.479 e. The van der Waals surface area contributed by atoms with Crippen molar-refractivity contribution in [3.05, 3.63) is 35.4 Å². The van der Waals surface area contributed by atoms with Crippen LogP contribution in [-0.4, -0.2) is 28.9 Å². The van der Waals surface area contributed by atoms with Crippen LogP contribution in [0.3, 0.4) is 0 Å². The summed E-state index contributed by atoms with van der Waals surface area (Å²) in [5.41, 5.74) is -3.64. The van der Waals surface area contributed by atoms with Gasteiger partial charge in [0.2, 0.25) is 5.91 Å².